The summed E-state index contributed by atoms with van der Waals surface area (Å²) in [4.78, 5) is 0. The molecule has 2 aromatic carbocycles. The summed E-state index contributed by atoms with van der Waals surface area (Å²) >= 11 is 0. The van der Waals surface area contributed by atoms with Gasteiger partial charge in [0.2, 0.25) is 0 Å². The van der Waals surface area contributed by atoms with Crippen molar-refractivity contribution < 1.29 is 0 Å². The van der Waals surface area contributed by atoms with Gasteiger partial charge in [0.25, 0.3) is 0 Å². The Labute approximate surface area is 133 Å². The molecule has 2 N–H and O–H groups in total. The van der Waals surface area contributed by atoms with E-state index in [1.54, 1.807) is 0 Å². The zero-order chi connectivity index (χ0) is 16.2. The first-order valence-electron chi connectivity index (χ1n) is 7.07. The molecule has 3 rings (SSSR count). The van der Waals surface area contributed by atoms with Crippen molar-refractivity contribution in [3.8, 4) is 22.5 Å². The first kappa shape index (κ1) is 14.6. The Hall–Kier alpha value is -3.28. The van der Waals surface area contributed by atoms with E-state index in [-0.39, 0.29) is 5.84 Å². The molecule has 0 aliphatic heterocycles. The second kappa shape index (κ2) is 6.23. The molecule has 0 radical (unpaired) electrons. The maximum atomic E-state index is 8.42. The van der Waals surface area contributed by atoms with E-state index in [1.165, 1.54) is 0 Å². The van der Waals surface area contributed by atoms with Gasteiger partial charge in [-0.3, -0.25) is 9.91 Å². The first-order chi connectivity index (χ1) is 11.2. The molecule has 0 saturated heterocycles. The monoisotopic (exact) mass is 303 g/mol. The molecular formula is C17H15N6-. The third-order valence-corrected chi connectivity index (χ3v) is 3.58. The Morgan fingerprint density at radius 1 is 1.04 bits per heavy atom. The van der Waals surface area contributed by atoms with Gasteiger partial charge < -0.3 is 16.4 Å². The topological polar surface area (TPSA) is 90.9 Å². The molecule has 0 saturated carbocycles. The van der Waals surface area contributed by atoms with Gasteiger partial charge in [-0.15, -0.1) is 0 Å². The molecular weight excluding hydrogens is 288 g/mol. The minimum atomic E-state index is 0.161. The maximum absolute atomic E-state index is 8.42. The van der Waals surface area contributed by atoms with E-state index in [0.29, 0.717) is 5.56 Å². The smallest absolute Gasteiger partial charge is 0.0929 e. The van der Waals surface area contributed by atoms with Crippen LogP contribution in [-0.4, -0.2) is 15.6 Å². The van der Waals surface area contributed by atoms with E-state index in [1.807, 2.05) is 72.4 Å². The molecule has 114 valence electrons. The maximum Gasteiger partial charge on any atom is 0.0929 e. The number of aryl methyl sites for hydroxylation is 1. The van der Waals surface area contributed by atoms with Crippen LogP contribution in [-0.2, 0) is 7.05 Å². The van der Waals surface area contributed by atoms with Gasteiger partial charge in [0.1, 0.15) is 0 Å². The van der Waals surface area contributed by atoms with E-state index in [0.717, 1.165) is 22.5 Å². The molecule has 0 bridgehead atoms. The van der Waals surface area contributed by atoms with Crippen LogP contribution in [0.1, 0.15) is 5.56 Å². The summed E-state index contributed by atoms with van der Waals surface area (Å²) in [5.41, 5.74) is 18.8. The zero-order valence-corrected chi connectivity index (χ0v) is 12.6. The Balaban J connectivity index is 1.95. The van der Waals surface area contributed by atoms with Gasteiger partial charge in [0.05, 0.1) is 11.4 Å². The highest BCUT2D eigenvalue weighted by Gasteiger charge is 2.09. The quantitative estimate of drug-likeness (QED) is 0.346. The number of benzene rings is 2. The van der Waals surface area contributed by atoms with Crippen LogP contribution >= 0.6 is 0 Å². The second-order valence-corrected chi connectivity index (χ2v) is 5.06. The van der Waals surface area contributed by atoms with E-state index >= 15 is 0 Å². The molecule has 0 amide bonds. The number of hydrogen-bond acceptors (Lipinski definition) is 2. The van der Waals surface area contributed by atoms with Crippen LogP contribution in [0, 0.1) is 0 Å². The lowest BCUT2D eigenvalue weighted by Crippen LogP contribution is -2.12. The van der Waals surface area contributed by atoms with Crippen molar-refractivity contribution in [2.75, 3.05) is 0 Å². The minimum absolute atomic E-state index is 0.161. The first-order valence-corrected chi connectivity index (χ1v) is 7.07. The average Bonchev–Trinajstić information content (AvgIpc) is 2.98. The molecule has 0 fully saturated rings. The molecule has 1 heterocycles. The number of nitrogens with zero attached hydrogens (tertiary/aromatic N) is 5. The SMILES string of the molecule is Cn1nc(-c2ccccc2)cc1-c1ccc(/C(N)=N/N=[N-])cc1. The summed E-state index contributed by atoms with van der Waals surface area (Å²) in [5, 5.41) is 10.7. The van der Waals surface area contributed by atoms with Gasteiger partial charge >= 0.3 is 0 Å². The van der Waals surface area contributed by atoms with Crippen LogP contribution < -0.4 is 5.73 Å². The summed E-state index contributed by atoms with van der Waals surface area (Å²) < 4.78 is 1.85. The van der Waals surface area contributed by atoms with E-state index in [4.69, 9.17) is 11.3 Å². The second-order valence-electron chi connectivity index (χ2n) is 5.06. The van der Waals surface area contributed by atoms with E-state index < -0.39 is 0 Å². The molecule has 1 aromatic heterocycles. The third kappa shape index (κ3) is 3.01. The van der Waals surface area contributed by atoms with Gasteiger partial charge in [-0.1, -0.05) is 54.6 Å². The summed E-state index contributed by atoms with van der Waals surface area (Å²) in [6.07, 6.45) is 0. The van der Waals surface area contributed by atoms with Crippen molar-refractivity contribution in [3.63, 3.8) is 0 Å². The number of aromatic nitrogens is 2. The summed E-state index contributed by atoms with van der Waals surface area (Å²) in [6.45, 7) is 0. The zero-order valence-electron chi connectivity index (χ0n) is 12.6. The molecule has 23 heavy (non-hydrogen) atoms. The van der Waals surface area contributed by atoms with Gasteiger partial charge in [0, 0.05) is 18.4 Å². The van der Waals surface area contributed by atoms with Crippen LogP contribution in [0.4, 0.5) is 0 Å². The molecule has 6 nitrogen and oxygen atoms in total. The molecule has 0 atom stereocenters. The highest BCUT2D eigenvalue weighted by molar-refractivity contribution is 5.97. The van der Waals surface area contributed by atoms with Crippen molar-refractivity contribution in [2.45, 2.75) is 0 Å². The van der Waals surface area contributed by atoms with E-state index in [2.05, 4.69) is 15.4 Å². The van der Waals surface area contributed by atoms with Crippen molar-refractivity contribution >= 4 is 5.84 Å². The number of nitrogens with two attached hydrogens (primary N) is 1. The third-order valence-electron chi connectivity index (χ3n) is 3.58. The van der Waals surface area contributed by atoms with Crippen LogP contribution in [0.5, 0.6) is 0 Å². The standard InChI is InChI=1S/C17H15N6/c1-23-16(11-15(21-23)12-5-3-2-4-6-12)13-7-9-14(10-8-13)17(18)20-22-19/h2-11H,1H3,(H2-,18,19,20)/q-1. The van der Waals surface area contributed by atoms with Crippen LogP contribution in [0.3, 0.4) is 0 Å². The lowest BCUT2D eigenvalue weighted by Gasteiger charge is -2.06. The van der Waals surface area contributed by atoms with Crippen molar-refractivity contribution in [1.82, 2.24) is 9.78 Å². The summed E-state index contributed by atoms with van der Waals surface area (Å²) in [7, 11) is 1.91. The Kier molecular flexibility index (Phi) is 3.97. The lowest BCUT2D eigenvalue weighted by atomic mass is 10.1. The fourth-order valence-corrected chi connectivity index (χ4v) is 2.41. The van der Waals surface area contributed by atoms with Crippen LogP contribution in [0.15, 0.2) is 71.0 Å². The molecule has 0 unspecified atom stereocenters. The highest BCUT2D eigenvalue weighted by atomic mass is 15.3. The Bertz CT molecular complexity index is 847. The number of hydrogen-bond donors (Lipinski definition) is 1. The van der Waals surface area contributed by atoms with Crippen molar-refractivity contribution in [1.29, 1.82) is 0 Å². The largest absolute Gasteiger partial charge is 0.400 e. The Morgan fingerprint density at radius 2 is 1.74 bits per heavy atom. The van der Waals surface area contributed by atoms with E-state index in [9.17, 15) is 0 Å². The van der Waals surface area contributed by atoms with Crippen LogP contribution in [0.2, 0.25) is 0 Å². The number of amidine groups is 1. The fraction of sp³-hybridized carbons (Fsp3) is 0.0588. The predicted molar refractivity (Wildman–Crippen MR) is 90.6 cm³/mol. The Morgan fingerprint density at radius 3 is 2.39 bits per heavy atom. The summed E-state index contributed by atoms with van der Waals surface area (Å²) in [6, 6.07) is 19.6. The van der Waals surface area contributed by atoms with Gasteiger partial charge in [0.15, 0.2) is 0 Å². The minimum Gasteiger partial charge on any atom is -0.400 e. The van der Waals surface area contributed by atoms with Crippen LogP contribution in [0.25, 0.3) is 28.0 Å². The van der Waals surface area contributed by atoms with Crippen molar-refractivity contribution in [3.05, 3.63) is 71.8 Å². The molecule has 0 spiro atoms. The average molecular weight is 303 g/mol. The lowest BCUT2D eigenvalue weighted by molar-refractivity contribution is 0.779. The molecule has 6 heteroatoms. The predicted octanol–water partition coefficient (Wildman–Crippen LogP) is 3.40. The summed E-state index contributed by atoms with van der Waals surface area (Å²) in [5.74, 6) is 0.161. The molecule has 0 aliphatic carbocycles. The molecule has 3 aromatic rings. The normalized spacial score (nSPS) is 11.4. The van der Waals surface area contributed by atoms with Crippen molar-refractivity contribution in [2.24, 2.45) is 23.1 Å². The fourth-order valence-electron chi connectivity index (χ4n) is 2.41. The van der Waals surface area contributed by atoms with Gasteiger partial charge in [-0.2, -0.15) is 5.10 Å². The highest BCUT2D eigenvalue weighted by Crippen LogP contribution is 2.25. The van der Waals surface area contributed by atoms with Gasteiger partial charge in [-0.05, 0) is 17.2 Å². The number of rotatable bonds is 4. The molecule has 0 aliphatic rings. The van der Waals surface area contributed by atoms with Gasteiger partial charge in [-0.25, -0.2) is 0 Å².